The Morgan fingerprint density at radius 1 is 1.33 bits per heavy atom. The van der Waals surface area contributed by atoms with Crippen LogP contribution in [0.25, 0.3) is 11.3 Å². The molecule has 0 radical (unpaired) electrons. The van der Waals surface area contributed by atoms with Gasteiger partial charge in [-0.1, -0.05) is 0 Å². The molecule has 2 aromatic heterocycles. The van der Waals surface area contributed by atoms with Gasteiger partial charge in [0.1, 0.15) is 6.07 Å². The number of hydrogen-bond donors (Lipinski definition) is 1. The number of nitriles is 1. The molecule has 0 spiro atoms. The highest BCUT2D eigenvalue weighted by Crippen LogP contribution is 2.35. The Morgan fingerprint density at radius 2 is 2.06 bits per heavy atom. The second-order valence-corrected chi connectivity index (χ2v) is 3.52. The van der Waals surface area contributed by atoms with Crippen molar-refractivity contribution in [2.45, 2.75) is 13.1 Å². The first kappa shape index (κ1) is 12.0. The number of nitrogens with one attached hydrogen (secondary N) is 1. The van der Waals surface area contributed by atoms with Gasteiger partial charge >= 0.3 is 6.18 Å². The lowest BCUT2D eigenvalue weighted by atomic mass is 10.1. The van der Waals surface area contributed by atoms with Crippen LogP contribution < -0.4 is 0 Å². The first-order valence-electron chi connectivity index (χ1n) is 4.79. The van der Waals surface area contributed by atoms with Crippen LogP contribution in [0.5, 0.6) is 0 Å². The van der Waals surface area contributed by atoms with Gasteiger partial charge in [0.2, 0.25) is 0 Å². The van der Waals surface area contributed by atoms with Crippen molar-refractivity contribution in [3.05, 3.63) is 29.2 Å². The van der Waals surface area contributed by atoms with E-state index in [0.29, 0.717) is 5.56 Å². The van der Waals surface area contributed by atoms with Crippen LogP contribution in [-0.4, -0.2) is 20.4 Å². The molecule has 0 bridgehead atoms. The first-order valence-corrected chi connectivity index (χ1v) is 4.79. The van der Waals surface area contributed by atoms with E-state index in [1.807, 2.05) is 0 Å². The van der Waals surface area contributed by atoms with Gasteiger partial charge in [0.05, 0.1) is 11.3 Å². The van der Waals surface area contributed by atoms with E-state index in [1.165, 1.54) is 6.07 Å². The Kier molecular flexibility index (Phi) is 2.74. The summed E-state index contributed by atoms with van der Waals surface area (Å²) < 4.78 is 38.0. The van der Waals surface area contributed by atoms with E-state index < -0.39 is 11.9 Å². The maximum atomic E-state index is 12.7. The molecule has 2 heterocycles. The van der Waals surface area contributed by atoms with Crippen molar-refractivity contribution >= 4 is 0 Å². The number of aromatic amines is 1. The first-order chi connectivity index (χ1) is 8.43. The summed E-state index contributed by atoms with van der Waals surface area (Å²) in [7, 11) is 0. The smallest absolute Gasteiger partial charge is 0.284 e. The van der Waals surface area contributed by atoms with Gasteiger partial charge in [0.25, 0.3) is 0 Å². The van der Waals surface area contributed by atoms with Crippen LogP contribution in [0.2, 0.25) is 0 Å². The fourth-order valence-electron chi connectivity index (χ4n) is 1.49. The number of alkyl halides is 3. The van der Waals surface area contributed by atoms with E-state index in [-0.39, 0.29) is 17.0 Å². The molecule has 0 atom stereocenters. The second kappa shape index (κ2) is 4.10. The molecule has 2 aromatic rings. The molecular formula is C10H6F3N5. The average Bonchev–Trinajstić information content (AvgIpc) is 2.77. The molecule has 8 heteroatoms. The summed E-state index contributed by atoms with van der Waals surface area (Å²) in [5, 5.41) is 21.1. The van der Waals surface area contributed by atoms with Crippen LogP contribution in [-0.2, 0) is 6.18 Å². The van der Waals surface area contributed by atoms with Gasteiger partial charge in [-0.3, -0.25) is 5.10 Å². The Balaban J connectivity index is 2.57. The van der Waals surface area contributed by atoms with Crippen LogP contribution in [0.4, 0.5) is 13.2 Å². The van der Waals surface area contributed by atoms with Gasteiger partial charge in [-0.15, -0.1) is 10.2 Å². The topological polar surface area (TPSA) is 78.2 Å². The molecule has 92 valence electrons. The molecule has 0 amide bonds. The highest BCUT2D eigenvalue weighted by Gasteiger charge is 2.37. The molecule has 0 aliphatic rings. The van der Waals surface area contributed by atoms with Crippen molar-refractivity contribution in [3.63, 3.8) is 0 Å². The highest BCUT2D eigenvalue weighted by atomic mass is 19.4. The van der Waals surface area contributed by atoms with Crippen molar-refractivity contribution in [1.29, 1.82) is 5.26 Å². The predicted octanol–water partition coefficient (Wildman–Crippen LogP) is 2.07. The summed E-state index contributed by atoms with van der Waals surface area (Å²) in [5.41, 5.74) is -0.710. The van der Waals surface area contributed by atoms with Crippen LogP contribution in [0, 0.1) is 18.3 Å². The van der Waals surface area contributed by atoms with E-state index in [9.17, 15) is 13.2 Å². The van der Waals surface area contributed by atoms with Gasteiger partial charge < -0.3 is 0 Å². The standard InChI is InChI=1S/C10H6F3N5/c1-5-2-6(3-14)16-17-8(5)7-4-15-18-9(7)10(11,12)13/h2,4H,1H3,(H,15,18). The van der Waals surface area contributed by atoms with Crippen molar-refractivity contribution in [2.75, 3.05) is 0 Å². The Labute approximate surface area is 99.3 Å². The minimum atomic E-state index is -4.57. The van der Waals surface area contributed by atoms with Crippen LogP contribution in [0.15, 0.2) is 12.3 Å². The van der Waals surface area contributed by atoms with Crippen LogP contribution in [0.1, 0.15) is 17.0 Å². The molecule has 0 saturated heterocycles. The predicted molar refractivity (Wildman–Crippen MR) is 54.1 cm³/mol. The number of aromatic nitrogens is 4. The lowest BCUT2D eigenvalue weighted by molar-refractivity contribution is -0.140. The fraction of sp³-hybridized carbons (Fsp3) is 0.200. The molecule has 0 aliphatic carbocycles. The van der Waals surface area contributed by atoms with Crippen molar-refractivity contribution in [1.82, 2.24) is 20.4 Å². The maximum Gasteiger partial charge on any atom is 0.435 e. The molecule has 1 N–H and O–H groups in total. The molecule has 0 fully saturated rings. The number of hydrogen-bond acceptors (Lipinski definition) is 4. The zero-order valence-corrected chi connectivity index (χ0v) is 9.08. The van der Waals surface area contributed by atoms with Gasteiger partial charge in [-0.05, 0) is 18.6 Å². The molecule has 2 rings (SSSR count). The minimum absolute atomic E-state index is 0.0494. The highest BCUT2D eigenvalue weighted by molar-refractivity contribution is 5.65. The van der Waals surface area contributed by atoms with Gasteiger partial charge in [-0.2, -0.15) is 23.5 Å². The summed E-state index contributed by atoms with van der Waals surface area (Å²) in [6.45, 7) is 1.55. The lowest BCUT2D eigenvalue weighted by Gasteiger charge is -2.07. The number of H-pyrrole nitrogens is 1. The van der Waals surface area contributed by atoms with E-state index >= 15 is 0 Å². The van der Waals surface area contributed by atoms with E-state index in [1.54, 1.807) is 13.0 Å². The summed E-state index contributed by atoms with van der Waals surface area (Å²) in [4.78, 5) is 0. The van der Waals surface area contributed by atoms with Crippen molar-refractivity contribution in [2.24, 2.45) is 0 Å². The molecule has 0 aromatic carbocycles. The van der Waals surface area contributed by atoms with Gasteiger partial charge in [0, 0.05) is 6.20 Å². The normalized spacial score (nSPS) is 11.3. The SMILES string of the molecule is Cc1cc(C#N)nnc1-c1c[nH]nc1C(F)(F)F. The largest absolute Gasteiger partial charge is 0.435 e. The number of halogens is 3. The minimum Gasteiger partial charge on any atom is -0.284 e. The molecular weight excluding hydrogens is 247 g/mol. The maximum absolute atomic E-state index is 12.7. The zero-order chi connectivity index (χ0) is 13.3. The Hall–Kier alpha value is -2.43. The second-order valence-electron chi connectivity index (χ2n) is 3.52. The summed E-state index contributed by atoms with van der Waals surface area (Å²) in [6.07, 6.45) is -3.47. The number of aryl methyl sites for hydroxylation is 1. The monoisotopic (exact) mass is 253 g/mol. The van der Waals surface area contributed by atoms with Gasteiger partial charge in [-0.25, -0.2) is 0 Å². The third-order valence-corrected chi connectivity index (χ3v) is 2.26. The average molecular weight is 253 g/mol. The summed E-state index contributed by atoms with van der Waals surface area (Å²) in [6, 6.07) is 3.14. The van der Waals surface area contributed by atoms with Crippen LogP contribution >= 0.6 is 0 Å². The number of rotatable bonds is 1. The molecule has 0 unspecified atom stereocenters. The van der Waals surface area contributed by atoms with E-state index in [2.05, 4.69) is 20.4 Å². The Morgan fingerprint density at radius 3 is 2.61 bits per heavy atom. The van der Waals surface area contributed by atoms with Crippen LogP contribution in [0.3, 0.4) is 0 Å². The third kappa shape index (κ3) is 2.02. The quantitative estimate of drug-likeness (QED) is 0.843. The van der Waals surface area contributed by atoms with Crippen molar-refractivity contribution in [3.8, 4) is 17.3 Å². The summed E-state index contributed by atoms with van der Waals surface area (Å²) >= 11 is 0. The summed E-state index contributed by atoms with van der Waals surface area (Å²) in [5.74, 6) is 0. The fourth-order valence-corrected chi connectivity index (χ4v) is 1.49. The zero-order valence-electron chi connectivity index (χ0n) is 9.08. The van der Waals surface area contributed by atoms with E-state index in [0.717, 1.165) is 6.20 Å². The molecule has 5 nitrogen and oxygen atoms in total. The third-order valence-electron chi connectivity index (χ3n) is 2.26. The Bertz CT molecular complexity index is 623. The molecule has 0 saturated carbocycles. The van der Waals surface area contributed by atoms with E-state index in [4.69, 9.17) is 5.26 Å². The van der Waals surface area contributed by atoms with Gasteiger partial charge in [0.15, 0.2) is 11.4 Å². The molecule has 18 heavy (non-hydrogen) atoms. The molecule has 0 aliphatic heterocycles. The van der Waals surface area contributed by atoms with Crippen molar-refractivity contribution < 1.29 is 13.2 Å². The lowest BCUT2D eigenvalue weighted by Crippen LogP contribution is -2.08. The number of nitrogens with zero attached hydrogens (tertiary/aromatic N) is 4.